The van der Waals surface area contributed by atoms with Crippen molar-refractivity contribution in [2.75, 3.05) is 25.1 Å². The van der Waals surface area contributed by atoms with Gasteiger partial charge >= 0.3 is 6.18 Å². The SMILES string of the molecule is COC1CCN(c2cccc(C(F)(F)F)c2C=O)CC1. The molecule has 1 aromatic carbocycles. The van der Waals surface area contributed by atoms with Gasteiger partial charge in [-0.05, 0) is 25.0 Å². The first-order chi connectivity index (χ1) is 9.47. The first kappa shape index (κ1) is 14.8. The summed E-state index contributed by atoms with van der Waals surface area (Å²) >= 11 is 0. The lowest BCUT2D eigenvalue weighted by Gasteiger charge is -2.34. The van der Waals surface area contributed by atoms with Crippen LogP contribution in [0.15, 0.2) is 18.2 Å². The van der Waals surface area contributed by atoms with Crippen LogP contribution >= 0.6 is 0 Å². The van der Waals surface area contributed by atoms with Gasteiger partial charge in [0, 0.05) is 31.5 Å². The number of ether oxygens (including phenoxy) is 1. The predicted octanol–water partition coefficient (Wildman–Crippen LogP) is 3.13. The Kier molecular flexibility index (Phi) is 4.32. The zero-order valence-corrected chi connectivity index (χ0v) is 11.1. The quantitative estimate of drug-likeness (QED) is 0.800. The van der Waals surface area contributed by atoms with E-state index in [0.717, 1.165) is 18.9 Å². The molecule has 1 fully saturated rings. The van der Waals surface area contributed by atoms with Crippen molar-refractivity contribution < 1.29 is 22.7 Å². The summed E-state index contributed by atoms with van der Waals surface area (Å²) in [6.07, 6.45) is -2.61. The van der Waals surface area contributed by atoms with Gasteiger partial charge in [0.25, 0.3) is 0 Å². The molecule has 3 nitrogen and oxygen atoms in total. The maximum atomic E-state index is 12.9. The molecule has 2 rings (SSSR count). The van der Waals surface area contributed by atoms with E-state index in [0.29, 0.717) is 25.1 Å². The molecule has 1 aliphatic rings. The predicted molar refractivity (Wildman–Crippen MR) is 69.1 cm³/mol. The van der Waals surface area contributed by atoms with Crippen LogP contribution in [-0.2, 0) is 10.9 Å². The van der Waals surface area contributed by atoms with E-state index in [2.05, 4.69) is 0 Å². The molecular formula is C14H16F3NO2. The Labute approximate surface area is 115 Å². The topological polar surface area (TPSA) is 29.5 Å². The molecule has 0 bridgehead atoms. The van der Waals surface area contributed by atoms with Crippen LogP contribution in [-0.4, -0.2) is 32.6 Å². The first-order valence-corrected chi connectivity index (χ1v) is 6.40. The van der Waals surface area contributed by atoms with Crippen LogP contribution in [0.5, 0.6) is 0 Å². The Morgan fingerprint density at radius 1 is 1.30 bits per heavy atom. The van der Waals surface area contributed by atoms with E-state index in [1.165, 1.54) is 6.07 Å². The number of hydrogen-bond donors (Lipinski definition) is 0. The molecule has 0 amide bonds. The molecule has 0 N–H and O–H groups in total. The number of piperidine rings is 1. The molecule has 110 valence electrons. The molecule has 0 saturated carbocycles. The average molecular weight is 287 g/mol. The number of alkyl halides is 3. The van der Waals surface area contributed by atoms with Crippen LogP contribution in [0.3, 0.4) is 0 Å². The van der Waals surface area contributed by atoms with Crippen LogP contribution < -0.4 is 4.90 Å². The number of methoxy groups -OCH3 is 1. The summed E-state index contributed by atoms with van der Waals surface area (Å²) in [5, 5.41) is 0. The van der Waals surface area contributed by atoms with Gasteiger partial charge in [-0.15, -0.1) is 0 Å². The van der Waals surface area contributed by atoms with Crippen molar-refractivity contribution in [3.8, 4) is 0 Å². The number of carbonyl (C=O) groups is 1. The second kappa shape index (κ2) is 5.83. The normalized spacial score (nSPS) is 17.3. The molecule has 0 radical (unpaired) electrons. The Bertz CT molecular complexity index is 480. The molecule has 6 heteroatoms. The van der Waals surface area contributed by atoms with Gasteiger partial charge < -0.3 is 9.64 Å². The van der Waals surface area contributed by atoms with E-state index in [4.69, 9.17) is 4.74 Å². The second-order valence-electron chi connectivity index (χ2n) is 4.78. The van der Waals surface area contributed by atoms with Crippen LogP contribution in [0.25, 0.3) is 0 Å². The standard InChI is InChI=1S/C14H16F3NO2/c1-20-10-5-7-18(8-6-10)13-4-2-3-12(11(13)9-19)14(15,16)17/h2-4,9-10H,5-8H2,1H3. The van der Waals surface area contributed by atoms with E-state index < -0.39 is 11.7 Å². The van der Waals surface area contributed by atoms with Crippen molar-refractivity contribution in [1.29, 1.82) is 0 Å². The highest BCUT2D eigenvalue weighted by Gasteiger charge is 2.35. The summed E-state index contributed by atoms with van der Waals surface area (Å²) in [4.78, 5) is 12.9. The van der Waals surface area contributed by atoms with E-state index in [1.807, 2.05) is 4.90 Å². The first-order valence-electron chi connectivity index (χ1n) is 6.40. The van der Waals surface area contributed by atoms with Gasteiger partial charge in [-0.3, -0.25) is 4.79 Å². The highest BCUT2D eigenvalue weighted by Crippen LogP contribution is 2.36. The third-order valence-corrected chi connectivity index (χ3v) is 3.62. The molecule has 0 atom stereocenters. The molecule has 1 aromatic rings. The number of anilines is 1. The van der Waals surface area contributed by atoms with Crippen molar-refractivity contribution in [2.24, 2.45) is 0 Å². The monoisotopic (exact) mass is 287 g/mol. The highest BCUT2D eigenvalue weighted by atomic mass is 19.4. The van der Waals surface area contributed by atoms with Crippen molar-refractivity contribution in [3.63, 3.8) is 0 Å². The van der Waals surface area contributed by atoms with Gasteiger partial charge in [-0.1, -0.05) is 6.07 Å². The highest BCUT2D eigenvalue weighted by molar-refractivity contribution is 5.87. The molecule has 20 heavy (non-hydrogen) atoms. The minimum Gasteiger partial charge on any atom is -0.381 e. The van der Waals surface area contributed by atoms with Gasteiger partial charge in [0.15, 0.2) is 6.29 Å². The van der Waals surface area contributed by atoms with Crippen molar-refractivity contribution >= 4 is 12.0 Å². The fourth-order valence-corrected chi connectivity index (χ4v) is 2.53. The summed E-state index contributed by atoms with van der Waals surface area (Å²) in [6.45, 7) is 1.17. The van der Waals surface area contributed by atoms with E-state index in [9.17, 15) is 18.0 Å². The van der Waals surface area contributed by atoms with Crippen LogP contribution in [0.1, 0.15) is 28.8 Å². The lowest BCUT2D eigenvalue weighted by molar-refractivity contribution is -0.137. The Hall–Kier alpha value is -1.56. The summed E-state index contributed by atoms with van der Waals surface area (Å²) in [5.74, 6) is 0. The number of rotatable bonds is 3. The van der Waals surface area contributed by atoms with Gasteiger partial charge in [0.1, 0.15) is 0 Å². The van der Waals surface area contributed by atoms with Crippen molar-refractivity contribution in [1.82, 2.24) is 0 Å². The number of halogens is 3. The van der Waals surface area contributed by atoms with E-state index in [1.54, 1.807) is 13.2 Å². The number of benzene rings is 1. The number of hydrogen-bond acceptors (Lipinski definition) is 3. The zero-order chi connectivity index (χ0) is 14.8. The van der Waals surface area contributed by atoms with Crippen LogP contribution in [0, 0.1) is 0 Å². The number of nitrogens with zero attached hydrogens (tertiary/aromatic N) is 1. The lowest BCUT2D eigenvalue weighted by atomic mass is 10.0. The summed E-state index contributed by atoms with van der Waals surface area (Å²) in [5.41, 5.74) is -0.806. The van der Waals surface area contributed by atoms with Crippen LogP contribution in [0.4, 0.5) is 18.9 Å². The van der Waals surface area contributed by atoms with Crippen molar-refractivity contribution in [3.05, 3.63) is 29.3 Å². The Balaban J connectivity index is 2.31. The molecule has 0 unspecified atom stereocenters. The molecule has 0 spiro atoms. The summed E-state index contributed by atoms with van der Waals surface area (Å²) in [6, 6.07) is 3.84. The van der Waals surface area contributed by atoms with E-state index >= 15 is 0 Å². The van der Waals surface area contributed by atoms with Gasteiger partial charge in [0.2, 0.25) is 0 Å². The smallest absolute Gasteiger partial charge is 0.381 e. The largest absolute Gasteiger partial charge is 0.417 e. The number of carbonyl (C=O) groups excluding carboxylic acids is 1. The number of aldehydes is 1. The average Bonchev–Trinajstić information content (AvgIpc) is 2.45. The lowest BCUT2D eigenvalue weighted by Crippen LogP contribution is -2.37. The minimum atomic E-state index is -4.52. The summed E-state index contributed by atoms with van der Waals surface area (Å²) < 4.78 is 43.9. The van der Waals surface area contributed by atoms with Crippen LogP contribution in [0.2, 0.25) is 0 Å². The van der Waals surface area contributed by atoms with Gasteiger partial charge in [-0.2, -0.15) is 13.2 Å². The fraction of sp³-hybridized carbons (Fsp3) is 0.500. The molecule has 1 heterocycles. The third-order valence-electron chi connectivity index (χ3n) is 3.62. The van der Waals surface area contributed by atoms with Crippen molar-refractivity contribution in [2.45, 2.75) is 25.1 Å². The minimum absolute atomic E-state index is 0.136. The van der Waals surface area contributed by atoms with E-state index in [-0.39, 0.29) is 11.7 Å². The fourth-order valence-electron chi connectivity index (χ4n) is 2.53. The molecule has 0 aliphatic carbocycles. The molecular weight excluding hydrogens is 271 g/mol. The second-order valence-corrected chi connectivity index (χ2v) is 4.78. The molecule has 1 aliphatic heterocycles. The molecule has 0 aromatic heterocycles. The maximum Gasteiger partial charge on any atom is 0.417 e. The third kappa shape index (κ3) is 2.95. The summed E-state index contributed by atoms with van der Waals surface area (Å²) in [7, 11) is 1.63. The molecule has 1 saturated heterocycles. The maximum absolute atomic E-state index is 12.9. The Morgan fingerprint density at radius 3 is 2.45 bits per heavy atom. The van der Waals surface area contributed by atoms with Gasteiger partial charge in [-0.25, -0.2) is 0 Å². The Morgan fingerprint density at radius 2 is 1.95 bits per heavy atom. The van der Waals surface area contributed by atoms with Gasteiger partial charge in [0.05, 0.1) is 11.7 Å². The zero-order valence-electron chi connectivity index (χ0n) is 11.1.